The molecule has 5 rings (SSSR count). The summed E-state index contributed by atoms with van der Waals surface area (Å²) >= 11 is 0. The number of aliphatic carboxylic acids is 1. The number of benzene rings is 2. The van der Waals surface area contributed by atoms with Crippen LogP contribution < -0.4 is 0 Å². The van der Waals surface area contributed by atoms with Crippen LogP contribution in [0, 0.1) is 23.4 Å². The molecule has 0 spiro atoms. The smallest absolute Gasteiger partial charge is 0.321 e. The SMILES string of the molecule is O=C(O)C(C1CCN(C(=O)C=Cc2cc(F)c(F)c(F)c2)CC1)N1CCC(c2c[nH]c3ccc(O)cc23)CC1. The molecule has 206 valence electrons. The van der Waals surface area contributed by atoms with Crippen molar-refractivity contribution in [1.82, 2.24) is 14.8 Å². The number of aromatic hydroxyl groups is 1. The number of phenols is 1. The van der Waals surface area contributed by atoms with Gasteiger partial charge in [-0.25, -0.2) is 13.2 Å². The molecule has 2 saturated heterocycles. The second-order valence-electron chi connectivity index (χ2n) is 10.4. The Kier molecular flexibility index (Phi) is 7.65. The molecule has 2 aromatic carbocycles. The Balaban J connectivity index is 1.17. The van der Waals surface area contributed by atoms with Gasteiger partial charge >= 0.3 is 5.97 Å². The zero-order valence-electron chi connectivity index (χ0n) is 21.2. The molecule has 39 heavy (non-hydrogen) atoms. The average molecular weight is 542 g/mol. The number of fused-ring (bicyclic) bond motifs is 1. The normalized spacial score (nSPS) is 18.7. The summed E-state index contributed by atoms with van der Waals surface area (Å²) in [5.41, 5.74) is 2.13. The van der Waals surface area contributed by atoms with Gasteiger partial charge in [-0.3, -0.25) is 14.5 Å². The minimum absolute atomic E-state index is 0.0356. The number of halogens is 3. The molecule has 1 atom stereocenters. The molecule has 3 heterocycles. The predicted octanol–water partition coefficient (Wildman–Crippen LogP) is 4.88. The minimum Gasteiger partial charge on any atom is -0.508 e. The lowest BCUT2D eigenvalue weighted by atomic mass is 9.84. The van der Waals surface area contributed by atoms with Crippen LogP contribution in [0.1, 0.15) is 42.7 Å². The zero-order valence-corrected chi connectivity index (χ0v) is 21.2. The first kappa shape index (κ1) is 26.8. The number of aromatic amines is 1. The van der Waals surface area contributed by atoms with Crippen molar-refractivity contribution in [2.45, 2.75) is 37.6 Å². The number of likely N-dealkylation sites (tertiary alicyclic amines) is 2. The molecule has 0 bridgehead atoms. The second-order valence-corrected chi connectivity index (χ2v) is 10.4. The van der Waals surface area contributed by atoms with E-state index in [0.717, 1.165) is 41.4 Å². The highest BCUT2D eigenvalue weighted by Crippen LogP contribution is 2.36. The second kappa shape index (κ2) is 11.1. The summed E-state index contributed by atoms with van der Waals surface area (Å²) in [6, 6.07) is 6.24. The van der Waals surface area contributed by atoms with E-state index in [1.807, 2.05) is 17.2 Å². The molecule has 7 nitrogen and oxygen atoms in total. The van der Waals surface area contributed by atoms with Crippen LogP contribution in [0.2, 0.25) is 0 Å². The van der Waals surface area contributed by atoms with Crippen LogP contribution in [0.4, 0.5) is 13.2 Å². The van der Waals surface area contributed by atoms with Gasteiger partial charge in [0.2, 0.25) is 5.91 Å². The fourth-order valence-electron chi connectivity index (χ4n) is 5.99. The Labute approximate surface area is 223 Å². The van der Waals surface area contributed by atoms with Crippen molar-refractivity contribution in [1.29, 1.82) is 0 Å². The number of nitrogens with one attached hydrogen (secondary N) is 1. The number of phenolic OH excluding ortho intramolecular Hbond substituents is 1. The van der Waals surface area contributed by atoms with Crippen molar-refractivity contribution < 1.29 is 33.0 Å². The van der Waals surface area contributed by atoms with Crippen LogP contribution in [0.25, 0.3) is 17.0 Å². The van der Waals surface area contributed by atoms with E-state index < -0.39 is 29.5 Å². The Morgan fingerprint density at radius 2 is 1.64 bits per heavy atom. The Hall–Kier alpha value is -3.79. The van der Waals surface area contributed by atoms with Crippen LogP contribution in [0.15, 0.2) is 42.6 Å². The van der Waals surface area contributed by atoms with Gasteiger partial charge in [-0.05, 0) is 98.1 Å². The summed E-state index contributed by atoms with van der Waals surface area (Å²) in [7, 11) is 0. The number of carbonyl (C=O) groups excluding carboxylic acids is 1. The zero-order chi connectivity index (χ0) is 27.7. The van der Waals surface area contributed by atoms with Gasteiger partial charge in [0.05, 0.1) is 0 Å². The maximum atomic E-state index is 13.4. The number of carbonyl (C=O) groups is 2. The number of H-pyrrole nitrogens is 1. The van der Waals surface area contributed by atoms with Crippen molar-refractivity contribution in [3.05, 3.63) is 71.2 Å². The third-order valence-electron chi connectivity index (χ3n) is 8.04. The molecule has 1 aromatic heterocycles. The van der Waals surface area contributed by atoms with Crippen LogP contribution in [0.3, 0.4) is 0 Å². The van der Waals surface area contributed by atoms with Gasteiger partial charge in [-0.15, -0.1) is 0 Å². The van der Waals surface area contributed by atoms with E-state index in [1.54, 1.807) is 17.0 Å². The first-order chi connectivity index (χ1) is 18.7. The maximum absolute atomic E-state index is 13.4. The molecule has 10 heteroatoms. The van der Waals surface area contributed by atoms with Crippen LogP contribution in [0.5, 0.6) is 5.75 Å². The van der Waals surface area contributed by atoms with Gasteiger partial charge < -0.3 is 20.1 Å². The fraction of sp³-hybridized carbons (Fsp3) is 0.379. The number of amides is 1. The minimum atomic E-state index is -1.56. The molecule has 2 fully saturated rings. The number of rotatable bonds is 6. The molecule has 2 aliphatic rings. The monoisotopic (exact) mass is 541 g/mol. The van der Waals surface area contributed by atoms with Gasteiger partial charge in [0.15, 0.2) is 17.5 Å². The number of piperidine rings is 2. The lowest BCUT2D eigenvalue weighted by Crippen LogP contribution is -2.52. The highest BCUT2D eigenvalue weighted by Gasteiger charge is 2.38. The molecule has 3 N–H and O–H groups in total. The van der Waals surface area contributed by atoms with Crippen LogP contribution in [-0.4, -0.2) is 69.1 Å². The number of carboxylic acid groups (broad SMARTS) is 1. The molecule has 2 aliphatic heterocycles. The van der Waals surface area contributed by atoms with E-state index in [4.69, 9.17) is 0 Å². The average Bonchev–Trinajstić information content (AvgIpc) is 3.34. The van der Waals surface area contributed by atoms with Gasteiger partial charge in [0.25, 0.3) is 0 Å². The van der Waals surface area contributed by atoms with E-state index in [9.17, 15) is 33.0 Å². The molecular formula is C29H30F3N3O4. The van der Waals surface area contributed by atoms with Crippen LogP contribution >= 0.6 is 0 Å². The van der Waals surface area contributed by atoms with Gasteiger partial charge in [0, 0.05) is 36.3 Å². The number of nitrogens with zero attached hydrogens (tertiary/aromatic N) is 2. The molecule has 0 radical (unpaired) electrons. The van der Waals surface area contributed by atoms with E-state index in [2.05, 4.69) is 4.98 Å². The quantitative estimate of drug-likeness (QED) is 0.306. The highest BCUT2D eigenvalue weighted by molar-refractivity contribution is 5.92. The molecule has 1 unspecified atom stereocenters. The highest BCUT2D eigenvalue weighted by atomic mass is 19.2. The molecule has 3 aromatic rings. The topological polar surface area (TPSA) is 96.9 Å². The predicted molar refractivity (Wildman–Crippen MR) is 140 cm³/mol. The van der Waals surface area contributed by atoms with Crippen molar-refractivity contribution in [3.8, 4) is 5.75 Å². The number of carboxylic acids is 1. The van der Waals surface area contributed by atoms with Crippen molar-refractivity contribution >= 4 is 28.9 Å². The fourth-order valence-corrected chi connectivity index (χ4v) is 5.99. The summed E-state index contributed by atoms with van der Waals surface area (Å²) in [6.45, 7) is 2.03. The van der Waals surface area contributed by atoms with Gasteiger partial charge in [0.1, 0.15) is 11.8 Å². The molecule has 0 saturated carbocycles. The van der Waals surface area contributed by atoms with Crippen molar-refractivity contribution in [2.24, 2.45) is 5.92 Å². The first-order valence-electron chi connectivity index (χ1n) is 13.1. The summed E-state index contributed by atoms with van der Waals surface area (Å²) in [6.07, 6.45) is 7.06. The summed E-state index contributed by atoms with van der Waals surface area (Å²) in [5.74, 6) is -5.06. The number of hydrogen-bond donors (Lipinski definition) is 3. The third kappa shape index (κ3) is 5.66. The lowest BCUT2D eigenvalue weighted by Gasteiger charge is -2.41. The van der Waals surface area contributed by atoms with Gasteiger partial charge in [-0.2, -0.15) is 0 Å². The van der Waals surface area contributed by atoms with Crippen LogP contribution in [-0.2, 0) is 9.59 Å². The summed E-state index contributed by atoms with van der Waals surface area (Å²) in [4.78, 5) is 31.8. The Bertz CT molecular complexity index is 1380. The van der Waals surface area contributed by atoms with Crippen molar-refractivity contribution in [3.63, 3.8) is 0 Å². The maximum Gasteiger partial charge on any atom is 0.321 e. The number of hydrogen-bond acceptors (Lipinski definition) is 4. The molecule has 1 amide bonds. The van der Waals surface area contributed by atoms with E-state index >= 15 is 0 Å². The number of aromatic nitrogens is 1. The summed E-state index contributed by atoms with van der Waals surface area (Å²) in [5, 5.41) is 21.0. The lowest BCUT2D eigenvalue weighted by molar-refractivity contribution is -0.147. The molecule has 0 aliphatic carbocycles. The summed E-state index contributed by atoms with van der Waals surface area (Å²) < 4.78 is 40.0. The standard InChI is InChI=1S/C29H30F3N3O4/c30-23-13-17(14-24(31)27(23)32)1-4-26(37)34-9-7-19(8-10-34)28(29(38)39)35-11-5-18(6-12-35)22-16-33-25-3-2-20(36)15-21(22)25/h1-4,13-16,18-19,28,33,36H,5-12H2,(H,38,39). The first-order valence-corrected chi connectivity index (χ1v) is 13.1. The van der Waals surface area contributed by atoms with Crippen molar-refractivity contribution in [2.75, 3.05) is 26.2 Å². The van der Waals surface area contributed by atoms with E-state index in [-0.39, 0.29) is 29.1 Å². The molecular weight excluding hydrogens is 511 g/mol. The Morgan fingerprint density at radius 3 is 2.28 bits per heavy atom. The van der Waals surface area contributed by atoms with E-state index in [0.29, 0.717) is 39.0 Å². The Morgan fingerprint density at radius 1 is 0.974 bits per heavy atom. The van der Waals surface area contributed by atoms with Gasteiger partial charge in [-0.1, -0.05) is 0 Å². The van der Waals surface area contributed by atoms with E-state index in [1.165, 1.54) is 12.2 Å². The largest absolute Gasteiger partial charge is 0.508 e. The third-order valence-corrected chi connectivity index (χ3v) is 8.04.